The Morgan fingerprint density at radius 2 is 1.93 bits per heavy atom. The largest absolute Gasteiger partial charge is 0.335 e. The molecule has 1 aliphatic carbocycles. The van der Waals surface area contributed by atoms with Crippen LogP contribution in [0.25, 0.3) is 11.4 Å². The quantitative estimate of drug-likeness (QED) is 0.841. The molecule has 2 N–H and O–H groups in total. The summed E-state index contributed by atoms with van der Waals surface area (Å²) in [5.41, 5.74) is 2.06. The molecule has 1 heterocycles. The summed E-state index contributed by atoms with van der Waals surface area (Å²) < 4.78 is 0. The van der Waals surface area contributed by atoms with Crippen LogP contribution < -0.4 is 10.6 Å². The van der Waals surface area contributed by atoms with Crippen molar-refractivity contribution in [3.63, 3.8) is 0 Å². The number of tetrazole rings is 1. The van der Waals surface area contributed by atoms with Crippen LogP contribution in [0.3, 0.4) is 0 Å². The van der Waals surface area contributed by atoms with Crippen molar-refractivity contribution in [2.24, 2.45) is 5.92 Å². The lowest BCUT2D eigenvalue weighted by molar-refractivity contribution is -0.121. The Balaban J connectivity index is 1.52. The van der Waals surface area contributed by atoms with E-state index in [4.69, 9.17) is 0 Å². The summed E-state index contributed by atoms with van der Waals surface area (Å²) in [5, 5.41) is 17.3. The van der Waals surface area contributed by atoms with E-state index in [9.17, 15) is 9.59 Å². The Kier molecular flexibility index (Phi) is 6.16. The number of aromatic nitrogens is 4. The minimum atomic E-state index is -0.471. The van der Waals surface area contributed by atoms with Crippen molar-refractivity contribution in [3.8, 4) is 11.4 Å². The van der Waals surface area contributed by atoms with Crippen molar-refractivity contribution in [2.45, 2.75) is 58.5 Å². The average molecular weight is 370 g/mol. The van der Waals surface area contributed by atoms with E-state index in [0.29, 0.717) is 11.7 Å². The normalized spacial score (nSPS) is 19.5. The lowest BCUT2D eigenvalue weighted by atomic mass is 9.86. The molecule has 8 nitrogen and oxygen atoms in total. The second-order valence-electron chi connectivity index (χ2n) is 7.08. The third-order valence-electron chi connectivity index (χ3n) is 5.04. The van der Waals surface area contributed by atoms with Crippen LogP contribution in [0.2, 0.25) is 0 Å². The van der Waals surface area contributed by atoms with Crippen molar-refractivity contribution < 1.29 is 9.59 Å². The molecule has 2 atom stereocenters. The zero-order chi connectivity index (χ0) is 19.2. The number of hydrogen-bond donors (Lipinski definition) is 2. The number of nitrogens with zero attached hydrogens (tertiary/aromatic N) is 4. The van der Waals surface area contributed by atoms with Crippen LogP contribution in [0.5, 0.6) is 0 Å². The molecular formula is C19H26N6O2. The molecule has 2 aromatic rings. The maximum Gasteiger partial charge on any atom is 0.321 e. The van der Waals surface area contributed by atoms with Crippen LogP contribution in [0, 0.1) is 5.92 Å². The zero-order valence-electron chi connectivity index (χ0n) is 15.8. The van der Waals surface area contributed by atoms with Crippen LogP contribution in [0.15, 0.2) is 24.3 Å². The molecule has 1 aromatic heterocycles. The number of urea groups is 1. The van der Waals surface area contributed by atoms with Gasteiger partial charge in [0.15, 0.2) is 0 Å². The molecule has 0 unspecified atom stereocenters. The summed E-state index contributed by atoms with van der Waals surface area (Å²) >= 11 is 0. The smallest absolute Gasteiger partial charge is 0.321 e. The number of carbonyl (C=O) groups is 2. The highest BCUT2D eigenvalue weighted by molar-refractivity contribution is 5.94. The topological polar surface area (TPSA) is 102 Å². The fraction of sp³-hybridized carbons (Fsp3) is 0.526. The van der Waals surface area contributed by atoms with Crippen LogP contribution in [0.4, 0.5) is 4.79 Å². The molecule has 1 saturated carbocycles. The summed E-state index contributed by atoms with van der Waals surface area (Å²) in [6, 6.07) is 7.54. The second-order valence-corrected chi connectivity index (χ2v) is 7.08. The molecule has 8 heteroatoms. The summed E-state index contributed by atoms with van der Waals surface area (Å²) in [6.07, 6.45) is 5.31. The molecule has 1 aliphatic rings. The maximum atomic E-state index is 12.1. The van der Waals surface area contributed by atoms with E-state index in [1.807, 2.05) is 24.3 Å². The number of imide groups is 1. The third kappa shape index (κ3) is 5.12. The Labute approximate surface area is 158 Å². The first-order chi connectivity index (χ1) is 13.0. The summed E-state index contributed by atoms with van der Waals surface area (Å²) in [7, 11) is 0. The van der Waals surface area contributed by atoms with Gasteiger partial charge >= 0.3 is 6.03 Å². The molecule has 1 aromatic carbocycles. The molecule has 27 heavy (non-hydrogen) atoms. The molecule has 1 fully saturated rings. The van der Waals surface area contributed by atoms with Gasteiger partial charge in [-0.1, -0.05) is 51.0 Å². The predicted molar refractivity (Wildman–Crippen MR) is 101 cm³/mol. The standard InChI is InChI=1S/C19H26N6O2/c1-3-14-8-10-15(11-9-14)18-22-24-25(23-18)12-17(26)21-19(27)20-16-7-5-4-6-13(16)2/h8-11,13,16H,3-7,12H2,1-2H3,(H2,20,21,26,27)/t13-,16+/m0/s1. The van der Waals surface area contributed by atoms with Gasteiger partial charge in [0.05, 0.1) is 0 Å². The third-order valence-corrected chi connectivity index (χ3v) is 5.04. The molecule has 0 radical (unpaired) electrons. The number of amides is 3. The lowest BCUT2D eigenvalue weighted by Gasteiger charge is -2.29. The van der Waals surface area contributed by atoms with Crippen molar-refractivity contribution >= 4 is 11.9 Å². The minimum Gasteiger partial charge on any atom is -0.335 e. The van der Waals surface area contributed by atoms with Crippen LogP contribution >= 0.6 is 0 Å². The van der Waals surface area contributed by atoms with Gasteiger partial charge in [0.1, 0.15) is 6.54 Å². The van der Waals surface area contributed by atoms with Crippen molar-refractivity contribution in [3.05, 3.63) is 29.8 Å². The number of nitrogens with one attached hydrogen (secondary N) is 2. The van der Waals surface area contributed by atoms with Gasteiger partial charge in [-0.3, -0.25) is 10.1 Å². The van der Waals surface area contributed by atoms with E-state index in [-0.39, 0.29) is 12.6 Å². The van der Waals surface area contributed by atoms with E-state index in [1.54, 1.807) is 0 Å². The highest BCUT2D eigenvalue weighted by Gasteiger charge is 2.23. The molecular weight excluding hydrogens is 344 g/mol. The van der Waals surface area contributed by atoms with Gasteiger partial charge in [-0.2, -0.15) is 4.80 Å². The fourth-order valence-electron chi connectivity index (χ4n) is 3.35. The Morgan fingerprint density at radius 1 is 1.19 bits per heavy atom. The monoisotopic (exact) mass is 370 g/mol. The summed E-state index contributed by atoms with van der Waals surface area (Å²) in [5.74, 6) is 0.408. The Morgan fingerprint density at radius 3 is 2.63 bits per heavy atom. The molecule has 0 bridgehead atoms. The Hall–Kier alpha value is -2.77. The van der Waals surface area contributed by atoms with Crippen LogP contribution in [0.1, 0.15) is 45.1 Å². The van der Waals surface area contributed by atoms with Crippen molar-refractivity contribution in [1.29, 1.82) is 0 Å². The highest BCUT2D eigenvalue weighted by Crippen LogP contribution is 2.23. The van der Waals surface area contributed by atoms with Gasteiger partial charge in [0.25, 0.3) is 5.91 Å². The first kappa shape index (κ1) is 19.0. The fourth-order valence-corrected chi connectivity index (χ4v) is 3.35. The number of benzene rings is 1. The zero-order valence-corrected chi connectivity index (χ0v) is 15.8. The Bertz CT molecular complexity index is 786. The summed E-state index contributed by atoms with van der Waals surface area (Å²) in [4.78, 5) is 25.3. The number of rotatable bonds is 5. The van der Waals surface area contributed by atoms with E-state index in [2.05, 4.69) is 39.9 Å². The van der Waals surface area contributed by atoms with E-state index in [0.717, 1.165) is 31.2 Å². The van der Waals surface area contributed by atoms with E-state index in [1.165, 1.54) is 16.8 Å². The second kappa shape index (κ2) is 8.75. The number of hydrogen-bond acceptors (Lipinski definition) is 5. The average Bonchev–Trinajstić information content (AvgIpc) is 3.12. The SMILES string of the molecule is CCc1ccc(-c2nnn(CC(=O)NC(=O)N[C@@H]3CCCC[C@@H]3C)n2)cc1. The van der Waals surface area contributed by atoms with Gasteiger partial charge in [0, 0.05) is 11.6 Å². The molecule has 0 saturated heterocycles. The van der Waals surface area contributed by atoms with E-state index >= 15 is 0 Å². The van der Waals surface area contributed by atoms with Gasteiger partial charge in [0.2, 0.25) is 5.82 Å². The molecule has 0 aliphatic heterocycles. The first-order valence-corrected chi connectivity index (χ1v) is 9.52. The molecule has 0 spiro atoms. The molecule has 3 rings (SSSR count). The van der Waals surface area contributed by atoms with Crippen molar-refractivity contribution in [1.82, 2.24) is 30.8 Å². The van der Waals surface area contributed by atoms with Gasteiger partial charge in [-0.25, -0.2) is 4.79 Å². The van der Waals surface area contributed by atoms with Crippen molar-refractivity contribution in [2.75, 3.05) is 0 Å². The molecule has 144 valence electrons. The maximum absolute atomic E-state index is 12.1. The van der Waals surface area contributed by atoms with Gasteiger partial charge in [-0.15, -0.1) is 10.2 Å². The highest BCUT2D eigenvalue weighted by atomic mass is 16.2. The number of carbonyl (C=O) groups excluding carboxylic acids is 2. The van der Waals surface area contributed by atoms with Gasteiger partial charge < -0.3 is 5.32 Å². The van der Waals surface area contributed by atoms with Crippen LogP contribution in [-0.4, -0.2) is 38.2 Å². The minimum absolute atomic E-state index is 0.119. The van der Waals surface area contributed by atoms with Crippen LogP contribution in [-0.2, 0) is 17.8 Å². The predicted octanol–water partition coefficient (Wildman–Crippen LogP) is 2.31. The van der Waals surface area contributed by atoms with E-state index < -0.39 is 11.9 Å². The molecule has 3 amide bonds. The first-order valence-electron chi connectivity index (χ1n) is 9.52. The van der Waals surface area contributed by atoms with Gasteiger partial charge in [-0.05, 0) is 36.0 Å². The summed E-state index contributed by atoms with van der Waals surface area (Å²) in [6.45, 7) is 4.06. The lowest BCUT2D eigenvalue weighted by Crippen LogP contribution is -2.48. The number of aryl methyl sites for hydroxylation is 1.